The topological polar surface area (TPSA) is 61.7 Å². The molecule has 0 saturated heterocycles. The number of anilines is 1. The van der Waals surface area contributed by atoms with Crippen molar-refractivity contribution in [2.45, 2.75) is 19.8 Å². The molecule has 0 radical (unpaired) electrons. The van der Waals surface area contributed by atoms with E-state index < -0.39 is 5.82 Å². The van der Waals surface area contributed by atoms with Gasteiger partial charge in [-0.15, -0.1) is 0 Å². The molecule has 0 spiro atoms. The van der Waals surface area contributed by atoms with E-state index in [-0.39, 0.29) is 5.95 Å². The smallest absolute Gasteiger partial charge is 0.207 e. The second-order valence-electron chi connectivity index (χ2n) is 4.89. The van der Waals surface area contributed by atoms with Gasteiger partial charge in [-0.1, -0.05) is 24.9 Å². The lowest BCUT2D eigenvalue weighted by molar-refractivity contribution is 0.618. The van der Waals surface area contributed by atoms with Gasteiger partial charge < -0.3 is 5.73 Å². The number of aromatic nitrogens is 4. The number of fused-ring (bicyclic) bond motifs is 1. The van der Waals surface area contributed by atoms with Gasteiger partial charge in [0.05, 0.1) is 11.4 Å². The van der Waals surface area contributed by atoms with Crippen LogP contribution in [0.1, 0.15) is 19.0 Å². The van der Waals surface area contributed by atoms with E-state index in [4.69, 9.17) is 17.3 Å². The zero-order valence-electron chi connectivity index (χ0n) is 11.8. The summed E-state index contributed by atoms with van der Waals surface area (Å²) in [6.07, 6.45) is 1.76. The number of nitrogens with zero attached hydrogens (tertiary/aromatic N) is 4. The Kier molecular flexibility index (Phi) is 3.33. The minimum absolute atomic E-state index is 0.233. The SMILES string of the molecule is CCCc1nn(C)c2c1nc(N)n2-c1ccc(Cl)cc1F. The predicted octanol–water partition coefficient (Wildman–Crippen LogP) is 3.09. The van der Waals surface area contributed by atoms with Gasteiger partial charge in [0.2, 0.25) is 5.95 Å². The van der Waals surface area contributed by atoms with Crippen molar-refractivity contribution >= 4 is 28.7 Å². The first kappa shape index (κ1) is 13.9. The summed E-state index contributed by atoms with van der Waals surface area (Å²) in [6.45, 7) is 2.07. The Bertz CT molecular complexity index is 820. The number of benzene rings is 1. The van der Waals surface area contributed by atoms with Crippen LogP contribution in [0.15, 0.2) is 18.2 Å². The van der Waals surface area contributed by atoms with Crippen LogP contribution in [0, 0.1) is 5.82 Å². The predicted molar refractivity (Wildman–Crippen MR) is 81.2 cm³/mol. The highest BCUT2D eigenvalue weighted by atomic mass is 35.5. The fraction of sp³-hybridized carbons (Fsp3) is 0.286. The number of hydrogen-bond donors (Lipinski definition) is 1. The zero-order valence-corrected chi connectivity index (χ0v) is 12.5. The molecule has 0 atom stereocenters. The minimum Gasteiger partial charge on any atom is -0.369 e. The molecule has 2 heterocycles. The molecule has 0 amide bonds. The minimum atomic E-state index is -0.452. The van der Waals surface area contributed by atoms with Crippen LogP contribution in [0.3, 0.4) is 0 Å². The number of rotatable bonds is 3. The fourth-order valence-electron chi connectivity index (χ4n) is 2.50. The van der Waals surface area contributed by atoms with Crippen LogP contribution in [-0.4, -0.2) is 19.3 Å². The largest absolute Gasteiger partial charge is 0.369 e. The van der Waals surface area contributed by atoms with Gasteiger partial charge in [0.25, 0.3) is 0 Å². The van der Waals surface area contributed by atoms with Crippen LogP contribution in [0.5, 0.6) is 0 Å². The number of imidazole rings is 1. The van der Waals surface area contributed by atoms with Gasteiger partial charge in [-0.05, 0) is 24.6 Å². The molecule has 0 fully saturated rings. The summed E-state index contributed by atoms with van der Waals surface area (Å²) in [5.74, 6) is -0.219. The van der Waals surface area contributed by atoms with E-state index >= 15 is 0 Å². The van der Waals surface area contributed by atoms with E-state index in [1.165, 1.54) is 6.07 Å². The van der Waals surface area contributed by atoms with E-state index in [0.717, 1.165) is 18.5 Å². The number of halogens is 2. The van der Waals surface area contributed by atoms with Crippen LogP contribution >= 0.6 is 11.6 Å². The number of nitrogen functional groups attached to an aromatic ring is 1. The van der Waals surface area contributed by atoms with Gasteiger partial charge in [0.1, 0.15) is 11.3 Å². The molecule has 110 valence electrons. The Hall–Kier alpha value is -2.08. The average Bonchev–Trinajstić information content (AvgIpc) is 2.89. The highest BCUT2D eigenvalue weighted by Crippen LogP contribution is 2.28. The Morgan fingerprint density at radius 1 is 1.38 bits per heavy atom. The summed E-state index contributed by atoms with van der Waals surface area (Å²) in [4.78, 5) is 4.35. The molecule has 0 aliphatic carbocycles. The van der Waals surface area contributed by atoms with Gasteiger partial charge in [-0.3, -0.25) is 4.57 Å². The van der Waals surface area contributed by atoms with Crippen molar-refractivity contribution in [2.24, 2.45) is 7.05 Å². The maximum Gasteiger partial charge on any atom is 0.207 e. The van der Waals surface area contributed by atoms with Crippen LogP contribution < -0.4 is 5.73 Å². The molecule has 0 aliphatic rings. The molecule has 0 aliphatic heterocycles. The Morgan fingerprint density at radius 2 is 2.14 bits per heavy atom. The van der Waals surface area contributed by atoms with Crippen molar-refractivity contribution < 1.29 is 4.39 Å². The summed E-state index contributed by atoms with van der Waals surface area (Å²) in [6, 6.07) is 4.46. The summed E-state index contributed by atoms with van der Waals surface area (Å²) >= 11 is 5.80. The zero-order chi connectivity index (χ0) is 15.1. The third-order valence-corrected chi connectivity index (χ3v) is 3.60. The van der Waals surface area contributed by atoms with Crippen molar-refractivity contribution in [3.8, 4) is 5.69 Å². The second kappa shape index (κ2) is 5.04. The van der Waals surface area contributed by atoms with Crippen LogP contribution in [0.4, 0.5) is 10.3 Å². The van der Waals surface area contributed by atoms with Crippen LogP contribution in [-0.2, 0) is 13.5 Å². The first-order valence-electron chi connectivity index (χ1n) is 6.68. The summed E-state index contributed by atoms with van der Waals surface area (Å²) in [7, 11) is 1.80. The first-order valence-corrected chi connectivity index (χ1v) is 7.06. The van der Waals surface area contributed by atoms with E-state index in [2.05, 4.69) is 17.0 Å². The molecule has 2 N–H and O–H groups in total. The molecule has 3 aromatic rings. The maximum absolute atomic E-state index is 14.2. The monoisotopic (exact) mass is 307 g/mol. The Morgan fingerprint density at radius 3 is 2.81 bits per heavy atom. The molecule has 0 bridgehead atoms. The number of nitrogens with two attached hydrogens (primary N) is 1. The van der Waals surface area contributed by atoms with E-state index in [1.807, 2.05) is 0 Å². The summed E-state index contributed by atoms with van der Waals surface area (Å²) in [5, 5.41) is 4.78. The third-order valence-electron chi connectivity index (χ3n) is 3.37. The number of aryl methyl sites for hydroxylation is 2. The van der Waals surface area contributed by atoms with Gasteiger partial charge in [-0.25, -0.2) is 14.1 Å². The standard InChI is InChI=1S/C14H15ClFN5/c1-3-4-10-12-13(20(2)19-10)21(14(17)18-12)11-6-5-8(15)7-9(11)16/h5-7H,3-4H2,1-2H3,(H2,17,18). The molecule has 1 aromatic carbocycles. The highest BCUT2D eigenvalue weighted by molar-refractivity contribution is 6.30. The fourth-order valence-corrected chi connectivity index (χ4v) is 2.66. The van der Waals surface area contributed by atoms with Gasteiger partial charge in [0, 0.05) is 12.1 Å². The quantitative estimate of drug-likeness (QED) is 0.809. The summed E-state index contributed by atoms with van der Waals surface area (Å²) in [5.41, 5.74) is 8.55. The average molecular weight is 308 g/mol. The lowest BCUT2D eigenvalue weighted by Gasteiger charge is -2.08. The highest BCUT2D eigenvalue weighted by Gasteiger charge is 2.20. The van der Waals surface area contributed by atoms with Crippen molar-refractivity contribution in [1.82, 2.24) is 19.3 Å². The molecule has 2 aromatic heterocycles. The second-order valence-corrected chi connectivity index (χ2v) is 5.33. The van der Waals surface area contributed by atoms with Crippen LogP contribution in [0.2, 0.25) is 5.02 Å². The lowest BCUT2D eigenvalue weighted by Crippen LogP contribution is -2.06. The molecule has 0 saturated carbocycles. The Labute approximate surface area is 126 Å². The molecular weight excluding hydrogens is 293 g/mol. The molecule has 7 heteroatoms. The van der Waals surface area contributed by atoms with Crippen molar-refractivity contribution in [3.63, 3.8) is 0 Å². The normalized spacial score (nSPS) is 11.4. The molecular formula is C14H15ClFN5. The molecule has 3 rings (SSSR count). The van der Waals surface area contributed by atoms with E-state index in [9.17, 15) is 4.39 Å². The van der Waals surface area contributed by atoms with E-state index in [0.29, 0.717) is 21.9 Å². The maximum atomic E-state index is 14.2. The van der Waals surface area contributed by atoms with Crippen LogP contribution in [0.25, 0.3) is 16.9 Å². The third kappa shape index (κ3) is 2.15. The van der Waals surface area contributed by atoms with Crippen molar-refractivity contribution in [2.75, 3.05) is 5.73 Å². The summed E-state index contributed by atoms with van der Waals surface area (Å²) < 4.78 is 17.4. The molecule has 0 unspecified atom stereocenters. The number of hydrogen-bond acceptors (Lipinski definition) is 3. The van der Waals surface area contributed by atoms with Crippen molar-refractivity contribution in [1.29, 1.82) is 0 Å². The van der Waals surface area contributed by atoms with Gasteiger partial charge in [0.15, 0.2) is 5.65 Å². The molecule has 5 nitrogen and oxygen atoms in total. The molecule has 21 heavy (non-hydrogen) atoms. The van der Waals surface area contributed by atoms with Crippen molar-refractivity contribution in [3.05, 3.63) is 34.7 Å². The van der Waals surface area contributed by atoms with Gasteiger partial charge in [-0.2, -0.15) is 5.10 Å². The van der Waals surface area contributed by atoms with E-state index in [1.54, 1.807) is 28.4 Å². The Balaban J connectivity index is 2.30. The van der Waals surface area contributed by atoms with Gasteiger partial charge >= 0.3 is 0 Å². The lowest BCUT2D eigenvalue weighted by atomic mass is 10.2. The first-order chi connectivity index (χ1) is 10.0.